The molecule has 0 amide bonds. The van der Waals surface area contributed by atoms with Gasteiger partial charge in [-0.1, -0.05) is 27.2 Å². The number of hydrogen-bond donors (Lipinski definition) is 1. The number of nitrogens with zero attached hydrogens (tertiary/aromatic N) is 1. The summed E-state index contributed by atoms with van der Waals surface area (Å²) in [6.45, 7) is 0.228. The number of benzene rings is 1. The van der Waals surface area contributed by atoms with E-state index >= 15 is 0 Å². The lowest BCUT2D eigenvalue weighted by Crippen LogP contribution is -2.12. The first-order chi connectivity index (χ1) is 8.66. The van der Waals surface area contributed by atoms with Gasteiger partial charge in [0.25, 0.3) is 0 Å². The van der Waals surface area contributed by atoms with E-state index in [0.29, 0.717) is 10.3 Å². The fourth-order valence-corrected chi connectivity index (χ4v) is 2.39. The summed E-state index contributed by atoms with van der Waals surface area (Å²) in [6, 6.07) is 6.25. The molecule has 18 heavy (non-hydrogen) atoms. The van der Waals surface area contributed by atoms with Crippen molar-refractivity contribution in [2.75, 3.05) is 0 Å². The fraction of sp³-hybridized carbons (Fsp3) is 0.0833. The Morgan fingerprint density at radius 3 is 2.94 bits per heavy atom. The van der Waals surface area contributed by atoms with Crippen LogP contribution in [0, 0.1) is 5.82 Å². The molecule has 2 rings (SSSR count). The molecule has 2 aromatic rings. The molecule has 0 fully saturated rings. The van der Waals surface area contributed by atoms with Crippen molar-refractivity contribution >= 4 is 33.1 Å². The minimum absolute atomic E-state index is 0.228. The molecule has 0 saturated heterocycles. The summed E-state index contributed by atoms with van der Waals surface area (Å²) < 4.78 is 13.5. The molecule has 0 aliphatic heterocycles. The van der Waals surface area contributed by atoms with Gasteiger partial charge in [0.1, 0.15) is 12.4 Å². The standard InChI is InChI=1S/C12H10BrFN2OS/c13-11-5-10(14)2-1-8(11)6-17-16-12(15)9-3-4-18-7-9/h1-5,7H,6H2,(H2,15,16). The Balaban J connectivity index is 1.98. The van der Waals surface area contributed by atoms with Crippen LogP contribution >= 0.6 is 27.3 Å². The van der Waals surface area contributed by atoms with E-state index in [1.54, 1.807) is 6.07 Å². The monoisotopic (exact) mass is 328 g/mol. The van der Waals surface area contributed by atoms with Gasteiger partial charge in [0.05, 0.1) is 0 Å². The molecule has 0 atom stereocenters. The van der Waals surface area contributed by atoms with Crippen molar-refractivity contribution in [1.82, 2.24) is 0 Å². The van der Waals surface area contributed by atoms with Crippen LogP contribution in [0.4, 0.5) is 4.39 Å². The van der Waals surface area contributed by atoms with Gasteiger partial charge in [0.2, 0.25) is 0 Å². The summed E-state index contributed by atoms with van der Waals surface area (Å²) in [5, 5.41) is 7.61. The maximum absolute atomic E-state index is 12.9. The third-order valence-electron chi connectivity index (χ3n) is 2.22. The fourth-order valence-electron chi connectivity index (χ4n) is 1.27. The molecule has 0 aliphatic rings. The van der Waals surface area contributed by atoms with Crippen LogP contribution in [-0.2, 0) is 11.4 Å². The van der Waals surface area contributed by atoms with Crippen molar-refractivity contribution in [2.45, 2.75) is 6.61 Å². The summed E-state index contributed by atoms with van der Waals surface area (Å²) in [5.41, 5.74) is 7.36. The highest BCUT2D eigenvalue weighted by atomic mass is 79.9. The summed E-state index contributed by atoms with van der Waals surface area (Å²) in [7, 11) is 0. The van der Waals surface area contributed by atoms with Crippen LogP contribution in [-0.4, -0.2) is 5.84 Å². The molecule has 1 aromatic heterocycles. The predicted molar refractivity (Wildman–Crippen MR) is 73.9 cm³/mol. The van der Waals surface area contributed by atoms with E-state index in [4.69, 9.17) is 10.6 Å². The van der Waals surface area contributed by atoms with Crippen LogP contribution in [0.2, 0.25) is 0 Å². The van der Waals surface area contributed by atoms with Gasteiger partial charge >= 0.3 is 0 Å². The highest BCUT2D eigenvalue weighted by Crippen LogP contribution is 2.18. The first kappa shape index (κ1) is 13.0. The number of hydrogen-bond acceptors (Lipinski definition) is 3. The first-order valence-electron chi connectivity index (χ1n) is 5.09. The first-order valence-corrected chi connectivity index (χ1v) is 6.82. The summed E-state index contributed by atoms with van der Waals surface area (Å²) in [4.78, 5) is 5.14. The largest absolute Gasteiger partial charge is 0.389 e. The second-order valence-corrected chi connectivity index (χ2v) is 5.13. The van der Waals surface area contributed by atoms with Crippen molar-refractivity contribution in [3.05, 3.63) is 56.4 Å². The number of halogens is 2. The van der Waals surface area contributed by atoms with E-state index in [0.717, 1.165) is 11.1 Å². The third kappa shape index (κ3) is 3.30. The maximum atomic E-state index is 12.9. The van der Waals surface area contributed by atoms with Gasteiger partial charge in [-0.3, -0.25) is 0 Å². The predicted octanol–water partition coefficient (Wildman–Crippen LogP) is 3.49. The van der Waals surface area contributed by atoms with Gasteiger partial charge in [-0.25, -0.2) is 4.39 Å². The average Bonchev–Trinajstić information content (AvgIpc) is 2.85. The van der Waals surface area contributed by atoms with Gasteiger partial charge < -0.3 is 10.6 Å². The van der Waals surface area contributed by atoms with Crippen molar-refractivity contribution in [1.29, 1.82) is 0 Å². The van der Waals surface area contributed by atoms with E-state index in [9.17, 15) is 4.39 Å². The Bertz CT molecular complexity index is 557. The molecule has 2 N–H and O–H groups in total. The number of rotatable bonds is 4. The van der Waals surface area contributed by atoms with Crippen molar-refractivity contribution < 1.29 is 9.23 Å². The lowest BCUT2D eigenvalue weighted by atomic mass is 10.2. The molecule has 0 aliphatic carbocycles. The second kappa shape index (κ2) is 5.97. The van der Waals surface area contributed by atoms with Gasteiger partial charge in [0.15, 0.2) is 5.84 Å². The topological polar surface area (TPSA) is 47.6 Å². The Hall–Kier alpha value is -1.40. The SMILES string of the molecule is N/C(=N\OCc1ccc(F)cc1Br)c1ccsc1. The number of thiophene rings is 1. The van der Waals surface area contributed by atoms with E-state index in [1.165, 1.54) is 23.5 Å². The minimum Gasteiger partial charge on any atom is -0.389 e. The summed E-state index contributed by atoms with van der Waals surface area (Å²) >= 11 is 4.79. The molecular formula is C12H10BrFN2OS. The summed E-state index contributed by atoms with van der Waals surface area (Å²) in [6.07, 6.45) is 0. The Kier molecular flexibility index (Phi) is 4.33. The van der Waals surface area contributed by atoms with E-state index in [1.807, 2.05) is 16.8 Å². The molecule has 0 unspecified atom stereocenters. The zero-order valence-corrected chi connectivity index (χ0v) is 11.7. The molecule has 0 radical (unpaired) electrons. The highest BCUT2D eigenvalue weighted by molar-refractivity contribution is 9.10. The molecule has 94 valence electrons. The van der Waals surface area contributed by atoms with Crippen LogP contribution in [0.1, 0.15) is 11.1 Å². The molecule has 0 spiro atoms. The highest BCUT2D eigenvalue weighted by Gasteiger charge is 2.03. The zero-order valence-electron chi connectivity index (χ0n) is 9.27. The lowest BCUT2D eigenvalue weighted by Gasteiger charge is -2.04. The quantitative estimate of drug-likeness (QED) is 0.530. The number of amidine groups is 1. The molecule has 1 aromatic carbocycles. The molecule has 1 heterocycles. The number of nitrogens with two attached hydrogens (primary N) is 1. The van der Waals surface area contributed by atoms with Crippen LogP contribution in [0.3, 0.4) is 0 Å². The summed E-state index contributed by atoms with van der Waals surface area (Å²) in [5.74, 6) is 0.0291. The van der Waals surface area contributed by atoms with Crippen molar-refractivity contribution in [3.8, 4) is 0 Å². The van der Waals surface area contributed by atoms with E-state index in [-0.39, 0.29) is 12.4 Å². The van der Waals surface area contributed by atoms with Gasteiger partial charge in [-0.05, 0) is 23.6 Å². The molecule has 6 heteroatoms. The van der Waals surface area contributed by atoms with Crippen LogP contribution < -0.4 is 5.73 Å². The zero-order chi connectivity index (χ0) is 13.0. The van der Waals surface area contributed by atoms with E-state index in [2.05, 4.69) is 21.1 Å². The smallest absolute Gasteiger partial charge is 0.171 e. The number of oxime groups is 1. The van der Waals surface area contributed by atoms with E-state index < -0.39 is 0 Å². The van der Waals surface area contributed by atoms with Crippen LogP contribution in [0.25, 0.3) is 0 Å². The minimum atomic E-state index is -0.299. The Morgan fingerprint density at radius 1 is 1.44 bits per heavy atom. The molecule has 0 bridgehead atoms. The van der Waals surface area contributed by atoms with Gasteiger partial charge in [-0.15, -0.1) is 0 Å². The second-order valence-electron chi connectivity index (χ2n) is 3.50. The Morgan fingerprint density at radius 2 is 2.28 bits per heavy atom. The van der Waals surface area contributed by atoms with Crippen LogP contribution in [0.15, 0.2) is 44.7 Å². The van der Waals surface area contributed by atoms with Crippen molar-refractivity contribution in [2.24, 2.45) is 10.9 Å². The Labute approximate surface area is 116 Å². The lowest BCUT2D eigenvalue weighted by molar-refractivity contribution is 0.130. The average molecular weight is 329 g/mol. The molecule has 0 saturated carbocycles. The van der Waals surface area contributed by atoms with Gasteiger partial charge in [0, 0.05) is 21.0 Å². The van der Waals surface area contributed by atoms with Crippen LogP contribution in [0.5, 0.6) is 0 Å². The third-order valence-corrected chi connectivity index (χ3v) is 3.64. The normalized spacial score (nSPS) is 11.6. The molecular weight excluding hydrogens is 319 g/mol. The van der Waals surface area contributed by atoms with Crippen molar-refractivity contribution in [3.63, 3.8) is 0 Å². The van der Waals surface area contributed by atoms with Gasteiger partial charge in [-0.2, -0.15) is 11.3 Å². The molecule has 3 nitrogen and oxygen atoms in total. The maximum Gasteiger partial charge on any atom is 0.171 e.